The van der Waals surface area contributed by atoms with Crippen molar-refractivity contribution in [3.63, 3.8) is 0 Å². The van der Waals surface area contributed by atoms with E-state index in [2.05, 4.69) is 16.9 Å². The number of fused-ring (bicyclic) bond motifs is 3. The molecular formula is C25H19N3O2. The first kappa shape index (κ1) is 18.1. The van der Waals surface area contributed by atoms with Crippen LogP contribution in [0.3, 0.4) is 0 Å². The SMILES string of the molecule is Cc1ccc(-n2c(=O)ccc3cnc4ccc(-c5ccc(=O)[nH]c5)cc4c32)cc1C. The first-order valence-corrected chi connectivity index (χ1v) is 9.72. The largest absolute Gasteiger partial charge is 0.328 e. The Morgan fingerprint density at radius 1 is 0.833 bits per heavy atom. The highest BCUT2D eigenvalue weighted by Gasteiger charge is 2.12. The van der Waals surface area contributed by atoms with Crippen molar-refractivity contribution in [2.24, 2.45) is 0 Å². The normalized spacial score (nSPS) is 11.3. The zero-order valence-corrected chi connectivity index (χ0v) is 16.6. The second-order valence-corrected chi connectivity index (χ2v) is 7.51. The molecule has 0 aliphatic rings. The zero-order valence-electron chi connectivity index (χ0n) is 16.6. The van der Waals surface area contributed by atoms with E-state index in [0.717, 1.165) is 44.2 Å². The smallest absolute Gasteiger partial charge is 0.255 e. The second kappa shape index (κ2) is 6.81. The molecule has 0 bridgehead atoms. The van der Waals surface area contributed by atoms with Crippen molar-refractivity contribution in [3.05, 3.63) is 105 Å². The number of aryl methyl sites for hydroxylation is 2. The molecule has 0 aliphatic carbocycles. The molecule has 0 spiro atoms. The molecule has 0 amide bonds. The topological polar surface area (TPSA) is 67.8 Å². The van der Waals surface area contributed by atoms with Crippen LogP contribution >= 0.6 is 0 Å². The maximum Gasteiger partial charge on any atom is 0.255 e. The van der Waals surface area contributed by atoms with Gasteiger partial charge in [0.2, 0.25) is 5.56 Å². The molecule has 5 heteroatoms. The number of benzene rings is 2. The highest BCUT2D eigenvalue weighted by atomic mass is 16.1. The Bertz CT molecular complexity index is 1540. The van der Waals surface area contributed by atoms with Crippen LogP contribution in [0.4, 0.5) is 0 Å². The van der Waals surface area contributed by atoms with Gasteiger partial charge < -0.3 is 4.98 Å². The Morgan fingerprint density at radius 2 is 1.67 bits per heavy atom. The Kier molecular flexibility index (Phi) is 4.10. The summed E-state index contributed by atoms with van der Waals surface area (Å²) in [6, 6.07) is 18.7. The van der Waals surface area contributed by atoms with Crippen LogP contribution in [0.1, 0.15) is 11.1 Å². The maximum absolute atomic E-state index is 13.0. The van der Waals surface area contributed by atoms with Gasteiger partial charge in [0.15, 0.2) is 0 Å². The molecule has 30 heavy (non-hydrogen) atoms. The third kappa shape index (κ3) is 2.92. The van der Waals surface area contributed by atoms with Crippen LogP contribution in [0, 0.1) is 13.8 Å². The number of H-pyrrole nitrogens is 1. The minimum absolute atomic E-state index is 0.0901. The van der Waals surface area contributed by atoms with Gasteiger partial charge in [-0.05, 0) is 72.5 Å². The minimum atomic E-state index is -0.143. The van der Waals surface area contributed by atoms with E-state index in [4.69, 9.17) is 0 Å². The molecule has 5 nitrogen and oxygen atoms in total. The molecule has 0 aliphatic heterocycles. The summed E-state index contributed by atoms with van der Waals surface area (Å²) in [6.07, 6.45) is 3.49. The number of hydrogen-bond donors (Lipinski definition) is 1. The monoisotopic (exact) mass is 393 g/mol. The van der Waals surface area contributed by atoms with Crippen molar-refractivity contribution < 1.29 is 0 Å². The lowest BCUT2D eigenvalue weighted by Gasteiger charge is -2.14. The summed E-state index contributed by atoms with van der Waals surface area (Å²) in [5.41, 5.74) is 6.36. The molecule has 146 valence electrons. The van der Waals surface area contributed by atoms with Crippen molar-refractivity contribution >= 4 is 21.8 Å². The molecule has 1 N–H and O–H groups in total. The fourth-order valence-corrected chi connectivity index (χ4v) is 3.80. The van der Waals surface area contributed by atoms with Crippen molar-refractivity contribution in [2.75, 3.05) is 0 Å². The third-order valence-corrected chi connectivity index (χ3v) is 5.58. The summed E-state index contributed by atoms with van der Waals surface area (Å²) in [7, 11) is 0. The van der Waals surface area contributed by atoms with Gasteiger partial charge in [0, 0.05) is 41.0 Å². The number of aromatic nitrogens is 3. The van der Waals surface area contributed by atoms with E-state index in [-0.39, 0.29) is 11.1 Å². The highest BCUT2D eigenvalue weighted by molar-refractivity contribution is 6.05. The van der Waals surface area contributed by atoms with E-state index in [1.807, 2.05) is 49.4 Å². The molecule has 0 atom stereocenters. The quantitative estimate of drug-likeness (QED) is 0.449. The van der Waals surface area contributed by atoms with E-state index in [1.165, 1.54) is 11.6 Å². The summed E-state index contributed by atoms with van der Waals surface area (Å²) >= 11 is 0. The lowest BCUT2D eigenvalue weighted by molar-refractivity contribution is 1.04. The third-order valence-electron chi connectivity index (χ3n) is 5.58. The number of nitrogens with one attached hydrogen (secondary N) is 1. The first-order chi connectivity index (χ1) is 14.5. The van der Waals surface area contributed by atoms with Gasteiger partial charge in [0.25, 0.3) is 5.56 Å². The van der Waals surface area contributed by atoms with Gasteiger partial charge in [0.1, 0.15) is 0 Å². The first-order valence-electron chi connectivity index (χ1n) is 9.72. The lowest BCUT2D eigenvalue weighted by atomic mass is 10.0. The van der Waals surface area contributed by atoms with Crippen LogP contribution in [0.2, 0.25) is 0 Å². The van der Waals surface area contributed by atoms with Crippen LogP contribution in [0.5, 0.6) is 0 Å². The fraction of sp³-hybridized carbons (Fsp3) is 0.0800. The van der Waals surface area contributed by atoms with Crippen LogP contribution in [-0.2, 0) is 0 Å². The van der Waals surface area contributed by atoms with Crippen molar-refractivity contribution in [2.45, 2.75) is 13.8 Å². The van der Waals surface area contributed by atoms with Gasteiger partial charge in [-0.15, -0.1) is 0 Å². The molecule has 0 fully saturated rings. The Morgan fingerprint density at radius 3 is 2.43 bits per heavy atom. The van der Waals surface area contributed by atoms with Gasteiger partial charge in [-0.1, -0.05) is 12.1 Å². The molecule has 3 aromatic heterocycles. The summed E-state index contributed by atoms with van der Waals surface area (Å²) in [4.78, 5) is 31.7. The average Bonchev–Trinajstić information content (AvgIpc) is 2.76. The van der Waals surface area contributed by atoms with E-state index in [1.54, 1.807) is 29.1 Å². The molecule has 3 heterocycles. The molecule has 0 saturated heterocycles. The fourth-order valence-electron chi connectivity index (χ4n) is 3.80. The Hall–Kier alpha value is -3.99. The number of pyridine rings is 3. The van der Waals surface area contributed by atoms with Crippen LogP contribution in [0.15, 0.2) is 82.6 Å². The predicted molar refractivity (Wildman–Crippen MR) is 120 cm³/mol. The van der Waals surface area contributed by atoms with Gasteiger partial charge in [-0.2, -0.15) is 0 Å². The number of rotatable bonds is 2. The summed E-state index contributed by atoms with van der Waals surface area (Å²) in [5, 5.41) is 1.77. The van der Waals surface area contributed by atoms with Crippen LogP contribution in [0.25, 0.3) is 38.6 Å². The van der Waals surface area contributed by atoms with Gasteiger partial charge in [0.05, 0.1) is 11.0 Å². The minimum Gasteiger partial charge on any atom is -0.328 e. The predicted octanol–water partition coefficient (Wildman–Crippen LogP) is 4.51. The number of hydrogen-bond acceptors (Lipinski definition) is 3. The maximum atomic E-state index is 13.0. The zero-order chi connectivity index (χ0) is 20.8. The van der Waals surface area contributed by atoms with E-state index in [9.17, 15) is 9.59 Å². The standard InChI is InChI=1S/C25H19N3O2/c1-15-3-7-20(11-16(15)2)28-24(30)10-6-19-14-26-22-8-4-17(12-21(22)25(19)28)18-5-9-23(29)27-13-18/h3-14H,1-2H3,(H,27,29). The van der Waals surface area contributed by atoms with Crippen molar-refractivity contribution in [1.29, 1.82) is 0 Å². The molecule has 5 rings (SSSR count). The summed E-state index contributed by atoms with van der Waals surface area (Å²) in [5.74, 6) is 0. The molecule has 2 aromatic carbocycles. The van der Waals surface area contributed by atoms with E-state index >= 15 is 0 Å². The van der Waals surface area contributed by atoms with Gasteiger partial charge in [-0.25, -0.2) is 0 Å². The van der Waals surface area contributed by atoms with E-state index in [0.29, 0.717) is 0 Å². The summed E-state index contributed by atoms with van der Waals surface area (Å²) in [6.45, 7) is 4.10. The van der Waals surface area contributed by atoms with Gasteiger partial charge in [-0.3, -0.25) is 19.1 Å². The van der Waals surface area contributed by atoms with Crippen molar-refractivity contribution in [3.8, 4) is 16.8 Å². The van der Waals surface area contributed by atoms with Gasteiger partial charge >= 0.3 is 0 Å². The number of nitrogens with zero attached hydrogens (tertiary/aromatic N) is 2. The molecule has 0 radical (unpaired) electrons. The molecule has 0 unspecified atom stereocenters. The molecule has 5 aromatic rings. The second-order valence-electron chi connectivity index (χ2n) is 7.51. The van der Waals surface area contributed by atoms with E-state index < -0.39 is 0 Å². The summed E-state index contributed by atoms with van der Waals surface area (Å²) < 4.78 is 1.75. The van der Waals surface area contributed by atoms with Crippen molar-refractivity contribution in [1.82, 2.24) is 14.5 Å². The van der Waals surface area contributed by atoms with Crippen LogP contribution < -0.4 is 11.1 Å². The average molecular weight is 393 g/mol. The highest BCUT2D eigenvalue weighted by Crippen LogP contribution is 2.29. The molecule has 0 saturated carbocycles. The Labute approximate surface area is 172 Å². The molecular weight excluding hydrogens is 374 g/mol. The lowest BCUT2D eigenvalue weighted by Crippen LogP contribution is -2.18. The number of aromatic amines is 1. The van der Waals surface area contributed by atoms with Crippen LogP contribution in [-0.4, -0.2) is 14.5 Å². The Balaban J connectivity index is 1.87.